The number of hydrogen-bond donors (Lipinski definition) is 2. The summed E-state index contributed by atoms with van der Waals surface area (Å²) in [6.45, 7) is 1.75. The van der Waals surface area contributed by atoms with Gasteiger partial charge in [0.15, 0.2) is 11.5 Å². The van der Waals surface area contributed by atoms with E-state index in [0.29, 0.717) is 71.8 Å². The number of urea groups is 1. The Morgan fingerprint density at radius 1 is 1.03 bits per heavy atom. The summed E-state index contributed by atoms with van der Waals surface area (Å²) in [5.74, 6) is 2.06. The summed E-state index contributed by atoms with van der Waals surface area (Å²) in [4.78, 5) is 16.8. The number of anilines is 1. The molecule has 5 rings (SSSR count). The van der Waals surface area contributed by atoms with Gasteiger partial charge in [-0.2, -0.15) is 0 Å². The summed E-state index contributed by atoms with van der Waals surface area (Å²) < 4.78 is 42.0. The summed E-state index contributed by atoms with van der Waals surface area (Å²) >= 11 is 6.44. The van der Waals surface area contributed by atoms with Crippen LogP contribution in [0.1, 0.15) is 5.56 Å². The van der Waals surface area contributed by atoms with E-state index in [1.165, 1.54) is 12.1 Å². The van der Waals surface area contributed by atoms with Crippen molar-refractivity contribution in [2.45, 2.75) is 6.54 Å². The van der Waals surface area contributed by atoms with E-state index in [4.69, 9.17) is 35.3 Å². The lowest BCUT2D eigenvalue weighted by molar-refractivity contribution is 0.134. The monoisotopic (exact) mass is 553 g/mol. The summed E-state index contributed by atoms with van der Waals surface area (Å²) in [5.41, 5.74) is 1.76. The summed E-state index contributed by atoms with van der Waals surface area (Å²) in [6.07, 6.45) is 1.62. The molecule has 39 heavy (non-hydrogen) atoms. The van der Waals surface area contributed by atoms with E-state index in [9.17, 15) is 9.18 Å². The Hall–Kier alpha value is -4.28. The van der Waals surface area contributed by atoms with Crippen LogP contribution in [0.15, 0.2) is 60.8 Å². The molecule has 2 heterocycles. The van der Waals surface area contributed by atoms with Crippen molar-refractivity contribution in [1.82, 2.24) is 10.3 Å². The van der Waals surface area contributed by atoms with E-state index in [1.807, 2.05) is 0 Å². The number of nitrogens with one attached hydrogen (secondary N) is 2. The second-order valence-corrected chi connectivity index (χ2v) is 8.86. The van der Waals surface area contributed by atoms with Crippen LogP contribution in [0.3, 0.4) is 0 Å². The molecule has 0 unspecified atom stereocenters. The van der Waals surface area contributed by atoms with E-state index in [0.717, 1.165) is 5.56 Å². The first kappa shape index (κ1) is 26.3. The first-order chi connectivity index (χ1) is 19.0. The number of benzene rings is 3. The van der Waals surface area contributed by atoms with Crippen LogP contribution in [0, 0.1) is 5.82 Å². The van der Waals surface area contributed by atoms with Crippen LogP contribution in [0.2, 0.25) is 5.02 Å². The fraction of sp³-hybridized carbons (Fsp3) is 0.214. The third-order valence-corrected chi connectivity index (χ3v) is 6.08. The van der Waals surface area contributed by atoms with E-state index < -0.39 is 6.03 Å². The molecule has 3 aromatic carbocycles. The van der Waals surface area contributed by atoms with Crippen molar-refractivity contribution in [3.8, 4) is 28.7 Å². The third-order valence-electron chi connectivity index (χ3n) is 5.77. The zero-order valence-corrected chi connectivity index (χ0v) is 21.7. The topological polar surface area (TPSA) is 100 Å². The molecular formula is C28H25ClFN3O6. The van der Waals surface area contributed by atoms with Crippen molar-refractivity contribution in [2.24, 2.45) is 0 Å². The van der Waals surface area contributed by atoms with Crippen LogP contribution in [-0.2, 0) is 11.3 Å². The fourth-order valence-corrected chi connectivity index (χ4v) is 4.16. The van der Waals surface area contributed by atoms with Crippen LogP contribution in [0.4, 0.5) is 14.9 Å². The molecule has 1 aliphatic rings. The van der Waals surface area contributed by atoms with Crippen LogP contribution >= 0.6 is 11.6 Å². The van der Waals surface area contributed by atoms with Crippen LogP contribution in [0.25, 0.3) is 10.9 Å². The lowest BCUT2D eigenvalue weighted by Crippen LogP contribution is -2.28. The Labute approximate surface area is 228 Å². The van der Waals surface area contributed by atoms with Crippen molar-refractivity contribution in [3.05, 3.63) is 77.2 Å². The highest BCUT2D eigenvalue weighted by atomic mass is 35.5. The van der Waals surface area contributed by atoms with Gasteiger partial charge >= 0.3 is 6.03 Å². The largest absolute Gasteiger partial charge is 0.487 e. The second kappa shape index (κ2) is 12.1. The highest BCUT2D eigenvalue weighted by molar-refractivity contribution is 6.33. The molecule has 0 atom stereocenters. The maximum absolute atomic E-state index is 13.1. The maximum Gasteiger partial charge on any atom is 0.319 e. The maximum atomic E-state index is 13.1. The van der Waals surface area contributed by atoms with Crippen LogP contribution < -0.4 is 29.6 Å². The zero-order valence-electron chi connectivity index (χ0n) is 21.0. The van der Waals surface area contributed by atoms with E-state index >= 15 is 0 Å². The van der Waals surface area contributed by atoms with Gasteiger partial charge in [0.05, 0.1) is 28.2 Å². The predicted octanol–water partition coefficient (Wildman–Crippen LogP) is 5.94. The molecule has 0 radical (unpaired) electrons. The molecular weight excluding hydrogens is 529 g/mol. The Bertz CT molecular complexity index is 1480. The van der Waals surface area contributed by atoms with Gasteiger partial charge in [-0.1, -0.05) is 23.7 Å². The number of fused-ring (bicyclic) bond motifs is 3. The number of halogens is 2. The van der Waals surface area contributed by atoms with Gasteiger partial charge in [-0.3, -0.25) is 4.98 Å². The number of carbonyl (C=O) groups is 1. The molecule has 4 aromatic rings. The van der Waals surface area contributed by atoms with Crippen LogP contribution in [0.5, 0.6) is 28.7 Å². The van der Waals surface area contributed by atoms with Crippen molar-refractivity contribution in [1.29, 1.82) is 0 Å². The molecule has 1 aliphatic heterocycles. The first-order valence-corrected chi connectivity index (χ1v) is 12.5. The molecule has 9 nitrogen and oxygen atoms in total. The van der Waals surface area contributed by atoms with Crippen molar-refractivity contribution in [2.75, 3.05) is 38.9 Å². The minimum Gasteiger partial charge on any atom is -0.487 e. The van der Waals surface area contributed by atoms with Gasteiger partial charge in [0, 0.05) is 32.0 Å². The summed E-state index contributed by atoms with van der Waals surface area (Å²) in [7, 11) is 1.60. The number of carbonyl (C=O) groups excluding carboxylic acids is 1. The molecule has 202 valence electrons. The lowest BCUT2D eigenvalue weighted by Gasteiger charge is -2.23. The van der Waals surface area contributed by atoms with Crippen LogP contribution in [-0.4, -0.2) is 44.6 Å². The fourth-order valence-electron chi connectivity index (χ4n) is 3.94. The molecule has 2 N–H and O–H groups in total. The average Bonchev–Trinajstić information content (AvgIpc) is 2.94. The molecule has 2 amide bonds. The van der Waals surface area contributed by atoms with Gasteiger partial charge in [-0.05, 0) is 35.9 Å². The first-order valence-electron chi connectivity index (χ1n) is 12.1. The molecule has 11 heteroatoms. The van der Waals surface area contributed by atoms with Gasteiger partial charge in [-0.15, -0.1) is 0 Å². The average molecular weight is 554 g/mol. The molecule has 1 aromatic heterocycles. The van der Waals surface area contributed by atoms with Gasteiger partial charge in [-0.25, -0.2) is 9.18 Å². The Kier molecular flexibility index (Phi) is 8.14. The van der Waals surface area contributed by atoms with E-state index in [1.54, 1.807) is 55.8 Å². The second-order valence-electron chi connectivity index (χ2n) is 8.45. The van der Waals surface area contributed by atoms with Gasteiger partial charge in [0.25, 0.3) is 0 Å². The van der Waals surface area contributed by atoms with Gasteiger partial charge in [0.1, 0.15) is 37.1 Å². The quantitative estimate of drug-likeness (QED) is 0.247. The number of ether oxygens (including phenoxy) is 5. The molecule has 0 spiro atoms. The number of aromatic nitrogens is 1. The highest BCUT2D eigenvalue weighted by Crippen LogP contribution is 2.48. The van der Waals surface area contributed by atoms with Gasteiger partial charge in [0.2, 0.25) is 5.75 Å². The summed E-state index contributed by atoms with van der Waals surface area (Å²) in [6, 6.07) is 13.8. The zero-order chi connectivity index (χ0) is 27.2. The minimum absolute atomic E-state index is 0.231. The molecule has 0 bridgehead atoms. The van der Waals surface area contributed by atoms with Crippen molar-refractivity contribution < 1.29 is 32.9 Å². The standard InChI is InChI=1S/C28H25ClFN3O6/c1-35-10-11-36-24-15-22-25(27-26(24)37-12-13-38-27)23(8-9-31-22)39-19-6-7-21(20(29)14-19)33-28(34)32-16-17-2-4-18(30)5-3-17/h2-9,14-15H,10-13,16H2,1H3,(H2,32,33,34). The number of rotatable bonds is 9. The Balaban J connectivity index is 1.32. The Morgan fingerprint density at radius 3 is 2.59 bits per heavy atom. The normalized spacial score (nSPS) is 12.2. The van der Waals surface area contributed by atoms with Gasteiger partial charge < -0.3 is 34.3 Å². The van der Waals surface area contributed by atoms with Crippen molar-refractivity contribution >= 4 is 34.2 Å². The smallest absolute Gasteiger partial charge is 0.319 e. The number of amides is 2. The van der Waals surface area contributed by atoms with Crippen molar-refractivity contribution in [3.63, 3.8) is 0 Å². The number of pyridine rings is 1. The number of hydrogen-bond acceptors (Lipinski definition) is 7. The highest BCUT2D eigenvalue weighted by Gasteiger charge is 2.24. The SMILES string of the molecule is COCCOc1cc2nccc(Oc3ccc(NC(=O)NCc4ccc(F)cc4)c(Cl)c3)c2c2c1OCCO2. The van der Waals surface area contributed by atoms with E-state index in [-0.39, 0.29) is 17.4 Å². The van der Waals surface area contributed by atoms with E-state index in [2.05, 4.69) is 15.6 Å². The lowest BCUT2D eigenvalue weighted by atomic mass is 10.1. The molecule has 0 saturated heterocycles. The number of nitrogens with zero attached hydrogens (tertiary/aromatic N) is 1. The predicted molar refractivity (Wildman–Crippen MR) is 144 cm³/mol. The number of methoxy groups -OCH3 is 1. The Morgan fingerprint density at radius 2 is 1.82 bits per heavy atom. The molecule has 0 saturated carbocycles. The third kappa shape index (κ3) is 6.24. The molecule has 0 aliphatic carbocycles. The molecule has 0 fully saturated rings. The minimum atomic E-state index is -0.456. The summed E-state index contributed by atoms with van der Waals surface area (Å²) in [5, 5.41) is 6.31.